The minimum atomic E-state index is -0.615. The zero-order valence-corrected chi connectivity index (χ0v) is 13.6. The van der Waals surface area contributed by atoms with Crippen molar-refractivity contribution in [1.29, 1.82) is 0 Å². The zero-order chi connectivity index (χ0) is 16.4. The Hall–Kier alpha value is -2.04. The number of hydrogen-bond donors (Lipinski definition) is 2. The molecule has 1 rings (SSSR count). The summed E-state index contributed by atoms with van der Waals surface area (Å²) in [5.74, 6) is -0.477. The van der Waals surface area contributed by atoms with E-state index in [2.05, 4.69) is 17.6 Å². The molecule has 0 bridgehead atoms. The molecule has 0 unspecified atom stereocenters. The molecule has 5 nitrogen and oxygen atoms in total. The maximum Gasteiger partial charge on any atom is 0.309 e. The molecule has 0 aliphatic rings. The van der Waals surface area contributed by atoms with Gasteiger partial charge in [0.15, 0.2) is 0 Å². The highest BCUT2D eigenvalue weighted by Gasteiger charge is 2.13. The van der Waals surface area contributed by atoms with E-state index in [0.29, 0.717) is 6.54 Å². The van der Waals surface area contributed by atoms with Gasteiger partial charge < -0.3 is 15.4 Å². The molecule has 0 heterocycles. The van der Waals surface area contributed by atoms with Crippen molar-refractivity contribution in [1.82, 2.24) is 10.6 Å². The van der Waals surface area contributed by atoms with Gasteiger partial charge in [0.1, 0.15) is 5.75 Å². The molecule has 0 aliphatic heterocycles. The number of carbonyl (C=O) groups is 2. The largest absolute Gasteiger partial charge is 0.491 e. The Labute approximate surface area is 132 Å². The van der Waals surface area contributed by atoms with Crippen LogP contribution in [0.15, 0.2) is 24.3 Å². The molecule has 0 radical (unpaired) electrons. The van der Waals surface area contributed by atoms with Crippen LogP contribution < -0.4 is 15.4 Å². The Morgan fingerprint density at radius 1 is 1.09 bits per heavy atom. The monoisotopic (exact) mass is 306 g/mol. The SMILES string of the molecule is CCCCCNC(=O)C(=O)NCc1ccccc1OC(C)C. The van der Waals surface area contributed by atoms with Crippen LogP contribution in [0.2, 0.25) is 0 Å². The minimum absolute atomic E-state index is 0.0544. The fourth-order valence-electron chi connectivity index (χ4n) is 1.93. The topological polar surface area (TPSA) is 67.4 Å². The molecule has 1 aromatic carbocycles. The van der Waals surface area contributed by atoms with Gasteiger partial charge in [-0.15, -0.1) is 0 Å². The number of rotatable bonds is 8. The van der Waals surface area contributed by atoms with Gasteiger partial charge in [0.2, 0.25) is 0 Å². The first kappa shape index (κ1) is 18.0. The van der Waals surface area contributed by atoms with E-state index in [1.165, 1.54) is 0 Å². The van der Waals surface area contributed by atoms with Crippen molar-refractivity contribution in [2.45, 2.75) is 52.7 Å². The summed E-state index contributed by atoms with van der Waals surface area (Å²) in [6.07, 6.45) is 3.07. The first-order valence-electron chi connectivity index (χ1n) is 7.85. The van der Waals surface area contributed by atoms with Gasteiger partial charge in [-0.1, -0.05) is 38.0 Å². The summed E-state index contributed by atoms with van der Waals surface area (Å²) in [4.78, 5) is 23.4. The molecule has 0 saturated carbocycles. The van der Waals surface area contributed by atoms with Crippen LogP contribution in [-0.4, -0.2) is 24.5 Å². The van der Waals surface area contributed by atoms with Crippen LogP contribution in [-0.2, 0) is 16.1 Å². The standard InChI is InChI=1S/C17H26N2O3/c1-4-5-8-11-18-16(20)17(21)19-12-14-9-6-7-10-15(14)22-13(2)3/h6-7,9-10,13H,4-5,8,11-12H2,1-3H3,(H,18,20)(H,19,21). The first-order chi connectivity index (χ1) is 10.5. The number of amides is 2. The first-order valence-corrected chi connectivity index (χ1v) is 7.85. The van der Waals surface area contributed by atoms with E-state index in [9.17, 15) is 9.59 Å². The molecular formula is C17H26N2O3. The van der Waals surface area contributed by atoms with Crippen molar-refractivity contribution in [2.24, 2.45) is 0 Å². The van der Waals surface area contributed by atoms with Crippen molar-refractivity contribution < 1.29 is 14.3 Å². The van der Waals surface area contributed by atoms with Gasteiger partial charge in [-0.2, -0.15) is 0 Å². The summed E-state index contributed by atoms with van der Waals surface area (Å²) in [5.41, 5.74) is 0.850. The van der Waals surface area contributed by atoms with Crippen molar-refractivity contribution in [3.63, 3.8) is 0 Å². The second-order valence-corrected chi connectivity index (χ2v) is 5.42. The summed E-state index contributed by atoms with van der Waals surface area (Å²) in [7, 11) is 0. The average molecular weight is 306 g/mol. The second kappa shape index (κ2) is 9.82. The third kappa shape index (κ3) is 6.61. The van der Waals surface area contributed by atoms with E-state index < -0.39 is 11.8 Å². The molecule has 0 aliphatic carbocycles. The minimum Gasteiger partial charge on any atom is -0.491 e. The van der Waals surface area contributed by atoms with Crippen molar-refractivity contribution in [2.75, 3.05) is 6.54 Å². The molecule has 2 amide bonds. The van der Waals surface area contributed by atoms with Gasteiger partial charge in [-0.3, -0.25) is 9.59 Å². The van der Waals surface area contributed by atoms with Crippen LogP contribution >= 0.6 is 0 Å². The lowest BCUT2D eigenvalue weighted by Crippen LogP contribution is -2.40. The third-order valence-electron chi connectivity index (χ3n) is 3.05. The molecule has 22 heavy (non-hydrogen) atoms. The maximum absolute atomic E-state index is 11.7. The Kier molecular flexibility index (Phi) is 8.04. The van der Waals surface area contributed by atoms with Gasteiger partial charge in [-0.05, 0) is 26.3 Å². The van der Waals surface area contributed by atoms with Crippen molar-refractivity contribution >= 4 is 11.8 Å². The van der Waals surface area contributed by atoms with Crippen molar-refractivity contribution in [3.05, 3.63) is 29.8 Å². The molecule has 122 valence electrons. The molecule has 5 heteroatoms. The number of ether oxygens (including phenoxy) is 1. The number of nitrogens with one attached hydrogen (secondary N) is 2. The Bertz CT molecular complexity index is 487. The van der Waals surface area contributed by atoms with Gasteiger partial charge >= 0.3 is 11.8 Å². The van der Waals surface area contributed by atoms with Crippen LogP contribution in [0, 0.1) is 0 Å². The third-order valence-corrected chi connectivity index (χ3v) is 3.05. The van der Waals surface area contributed by atoms with Gasteiger partial charge in [0.25, 0.3) is 0 Å². The fourth-order valence-corrected chi connectivity index (χ4v) is 1.93. The maximum atomic E-state index is 11.7. The average Bonchev–Trinajstić information content (AvgIpc) is 2.49. The normalized spacial score (nSPS) is 10.4. The molecule has 0 spiro atoms. The van der Waals surface area contributed by atoms with E-state index >= 15 is 0 Å². The van der Waals surface area contributed by atoms with Gasteiger partial charge in [-0.25, -0.2) is 0 Å². The van der Waals surface area contributed by atoms with Crippen LogP contribution in [0.3, 0.4) is 0 Å². The highest BCUT2D eigenvalue weighted by molar-refractivity contribution is 6.35. The van der Waals surface area contributed by atoms with E-state index in [1.807, 2.05) is 38.1 Å². The summed E-state index contributed by atoms with van der Waals surface area (Å²) in [5, 5.41) is 5.24. The van der Waals surface area contributed by atoms with Gasteiger partial charge in [0, 0.05) is 18.7 Å². The zero-order valence-electron chi connectivity index (χ0n) is 13.6. The van der Waals surface area contributed by atoms with E-state index in [4.69, 9.17) is 4.74 Å². The lowest BCUT2D eigenvalue weighted by atomic mass is 10.2. The van der Waals surface area contributed by atoms with Gasteiger partial charge in [0.05, 0.1) is 6.10 Å². The molecule has 0 fully saturated rings. The number of hydrogen-bond acceptors (Lipinski definition) is 3. The molecular weight excluding hydrogens is 280 g/mol. The number of para-hydroxylation sites is 1. The summed E-state index contributed by atoms with van der Waals surface area (Å²) in [6.45, 7) is 6.78. The number of carbonyl (C=O) groups excluding carboxylic acids is 2. The summed E-state index contributed by atoms with van der Waals surface area (Å²) in [6, 6.07) is 7.48. The fraction of sp³-hybridized carbons (Fsp3) is 0.529. The smallest absolute Gasteiger partial charge is 0.309 e. The van der Waals surface area contributed by atoms with Crippen LogP contribution in [0.25, 0.3) is 0 Å². The van der Waals surface area contributed by atoms with Crippen molar-refractivity contribution in [3.8, 4) is 5.75 Å². The number of unbranched alkanes of at least 4 members (excludes halogenated alkanes) is 2. The summed E-state index contributed by atoms with van der Waals surface area (Å²) < 4.78 is 5.68. The Balaban J connectivity index is 2.45. The predicted octanol–water partition coefficient (Wildman–Crippen LogP) is 2.40. The van der Waals surface area contributed by atoms with E-state index in [-0.39, 0.29) is 12.6 Å². The highest BCUT2D eigenvalue weighted by atomic mass is 16.5. The summed E-state index contributed by atoms with van der Waals surface area (Å²) >= 11 is 0. The second-order valence-electron chi connectivity index (χ2n) is 5.42. The highest BCUT2D eigenvalue weighted by Crippen LogP contribution is 2.18. The van der Waals surface area contributed by atoms with E-state index in [0.717, 1.165) is 30.6 Å². The van der Waals surface area contributed by atoms with Crippen LogP contribution in [0.5, 0.6) is 5.75 Å². The quantitative estimate of drug-likeness (QED) is 0.572. The Morgan fingerprint density at radius 2 is 1.77 bits per heavy atom. The lowest BCUT2D eigenvalue weighted by molar-refractivity contribution is -0.139. The molecule has 0 saturated heterocycles. The van der Waals surface area contributed by atoms with Crippen LogP contribution in [0.4, 0.5) is 0 Å². The molecule has 2 N–H and O–H groups in total. The van der Waals surface area contributed by atoms with E-state index in [1.54, 1.807) is 0 Å². The number of benzene rings is 1. The predicted molar refractivity (Wildman–Crippen MR) is 86.6 cm³/mol. The van der Waals surface area contributed by atoms with Crippen LogP contribution in [0.1, 0.15) is 45.6 Å². The Morgan fingerprint density at radius 3 is 2.45 bits per heavy atom. The molecule has 0 aromatic heterocycles. The molecule has 0 atom stereocenters. The lowest BCUT2D eigenvalue weighted by Gasteiger charge is -2.14. The molecule has 1 aromatic rings.